The third kappa shape index (κ3) is 4.40. The van der Waals surface area contributed by atoms with Crippen LogP contribution in [0.1, 0.15) is 33.1 Å². The van der Waals surface area contributed by atoms with Gasteiger partial charge in [-0.2, -0.15) is 0 Å². The third-order valence-corrected chi connectivity index (χ3v) is 4.65. The first-order chi connectivity index (χ1) is 10.2. The maximum absolute atomic E-state index is 9.49. The molecule has 0 saturated heterocycles. The van der Waals surface area contributed by atoms with Gasteiger partial charge in [-0.1, -0.05) is 13.0 Å². The zero-order valence-electron chi connectivity index (χ0n) is 12.9. The van der Waals surface area contributed by atoms with Crippen molar-refractivity contribution in [2.75, 3.05) is 13.2 Å². The van der Waals surface area contributed by atoms with Crippen LogP contribution in [-0.4, -0.2) is 33.3 Å². The Morgan fingerprint density at radius 1 is 1.43 bits per heavy atom. The molecule has 2 rings (SSSR count). The fourth-order valence-electron chi connectivity index (χ4n) is 2.57. The molecule has 0 bridgehead atoms. The molecule has 2 aromatic heterocycles. The molecular formula is C16H25N3OS. The lowest BCUT2D eigenvalue weighted by atomic mass is 9.96. The summed E-state index contributed by atoms with van der Waals surface area (Å²) in [5.41, 5.74) is -0.153. The Balaban J connectivity index is 1.83. The Kier molecular flexibility index (Phi) is 5.96. The summed E-state index contributed by atoms with van der Waals surface area (Å²) in [4.78, 5) is 5.67. The second-order valence-corrected chi connectivity index (χ2v) is 6.58. The summed E-state index contributed by atoms with van der Waals surface area (Å²) >= 11 is 1.72. The van der Waals surface area contributed by atoms with Gasteiger partial charge in [0, 0.05) is 24.5 Å². The normalized spacial score (nSPS) is 14.2. The number of hydrogen-bond acceptors (Lipinski definition) is 4. The molecule has 0 aromatic carbocycles. The Bertz CT molecular complexity index is 523. The van der Waals surface area contributed by atoms with Gasteiger partial charge >= 0.3 is 0 Å². The summed E-state index contributed by atoms with van der Waals surface area (Å²) in [6, 6.07) is 4.17. The minimum Gasteiger partial charge on any atom is -0.394 e. The van der Waals surface area contributed by atoms with Crippen molar-refractivity contribution in [2.24, 2.45) is 0 Å². The van der Waals surface area contributed by atoms with Gasteiger partial charge < -0.3 is 15.0 Å². The molecule has 1 unspecified atom stereocenters. The molecule has 116 valence electrons. The first kappa shape index (κ1) is 16.2. The highest BCUT2D eigenvalue weighted by molar-refractivity contribution is 7.13. The van der Waals surface area contributed by atoms with E-state index >= 15 is 0 Å². The number of nitrogens with zero attached hydrogens (tertiary/aromatic N) is 2. The summed E-state index contributed by atoms with van der Waals surface area (Å²) < 4.78 is 2.22. The number of rotatable bonds is 9. The van der Waals surface area contributed by atoms with Crippen LogP contribution in [0.5, 0.6) is 0 Å². The van der Waals surface area contributed by atoms with Crippen LogP contribution in [0.15, 0.2) is 29.9 Å². The second kappa shape index (κ2) is 7.73. The van der Waals surface area contributed by atoms with Crippen LogP contribution in [0.2, 0.25) is 0 Å². The number of aryl methyl sites for hydroxylation is 1. The molecule has 2 aromatic rings. The van der Waals surface area contributed by atoms with E-state index in [9.17, 15) is 5.11 Å². The van der Waals surface area contributed by atoms with Crippen molar-refractivity contribution in [1.29, 1.82) is 0 Å². The Morgan fingerprint density at radius 3 is 2.95 bits per heavy atom. The van der Waals surface area contributed by atoms with Crippen LogP contribution < -0.4 is 5.32 Å². The van der Waals surface area contributed by atoms with Crippen LogP contribution in [0.3, 0.4) is 0 Å². The Labute approximate surface area is 130 Å². The lowest BCUT2D eigenvalue weighted by molar-refractivity contribution is 0.164. The van der Waals surface area contributed by atoms with Gasteiger partial charge in [0.1, 0.15) is 5.82 Å². The van der Waals surface area contributed by atoms with Crippen LogP contribution in [-0.2, 0) is 6.54 Å². The van der Waals surface area contributed by atoms with E-state index in [1.807, 2.05) is 12.4 Å². The molecule has 0 aliphatic rings. The zero-order valence-corrected chi connectivity index (χ0v) is 13.7. The molecule has 5 heteroatoms. The first-order valence-electron chi connectivity index (χ1n) is 7.59. The Morgan fingerprint density at radius 2 is 2.29 bits per heavy atom. The van der Waals surface area contributed by atoms with Crippen LogP contribution in [0, 0.1) is 0 Å². The molecule has 0 radical (unpaired) electrons. The van der Waals surface area contributed by atoms with Gasteiger partial charge in [0.2, 0.25) is 0 Å². The molecule has 0 fully saturated rings. The van der Waals surface area contributed by atoms with Crippen LogP contribution in [0.25, 0.3) is 10.7 Å². The molecular weight excluding hydrogens is 282 g/mol. The summed E-state index contributed by atoms with van der Waals surface area (Å²) in [5.74, 6) is 1.06. The molecule has 0 aliphatic carbocycles. The topological polar surface area (TPSA) is 50.1 Å². The number of likely N-dealkylation sites (N-methyl/N-ethyl adjacent to an activating group) is 1. The van der Waals surface area contributed by atoms with Gasteiger partial charge in [0.25, 0.3) is 0 Å². The SMILES string of the molecule is CCNC(C)(CO)CCCCn1ccnc1-c1cccs1. The molecule has 2 heterocycles. The fourth-order valence-corrected chi connectivity index (χ4v) is 3.30. The van der Waals surface area contributed by atoms with E-state index in [1.54, 1.807) is 11.3 Å². The molecule has 0 amide bonds. The lowest BCUT2D eigenvalue weighted by Gasteiger charge is -2.28. The first-order valence-corrected chi connectivity index (χ1v) is 8.47. The molecule has 2 N–H and O–H groups in total. The van der Waals surface area contributed by atoms with Crippen LogP contribution in [0.4, 0.5) is 0 Å². The number of imidazole rings is 1. The van der Waals surface area contributed by atoms with Crippen molar-refractivity contribution in [3.63, 3.8) is 0 Å². The molecule has 0 aliphatic heterocycles. The number of aromatic nitrogens is 2. The van der Waals surface area contributed by atoms with Crippen molar-refractivity contribution in [3.8, 4) is 10.7 Å². The van der Waals surface area contributed by atoms with E-state index in [1.165, 1.54) is 4.88 Å². The van der Waals surface area contributed by atoms with Gasteiger partial charge in [0.15, 0.2) is 0 Å². The third-order valence-electron chi connectivity index (χ3n) is 3.79. The Hall–Kier alpha value is -1.17. The highest BCUT2D eigenvalue weighted by Gasteiger charge is 2.20. The lowest BCUT2D eigenvalue weighted by Crippen LogP contribution is -2.45. The predicted octanol–water partition coefficient (Wildman–Crippen LogP) is 3.14. The minimum atomic E-state index is -0.153. The van der Waals surface area contributed by atoms with E-state index in [0.29, 0.717) is 0 Å². The molecule has 0 spiro atoms. The van der Waals surface area contributed by atoms with E-state index in [4.69, 9.17) is 0 Å². The second-order valence-electron chi connectivity index (χ2n) is 5.63. The van der Waals surface area contributed by atoms with Crippen molar-refractivity contribution in [3.05, 3.63) is 29.9 Å². The van der Waals surface area contributed by atoms with Crippen molar-refractivity contribution >= 4 is 11.3 Å². The molecule has 0 saturated carbocycles. The standard InChI is InChI=1S/C16H25N3OS/c1-3-18-16(2,13-20)8-4-5-10-19-11-9-17-15(19)14-7-6-12-21-14/h6-7,9,11-12,18,20H,3-5,8,10,13H2,1-2H3. The van der Waals surface area contributed by atoms with E-state index < -0.39 is 0 Å². The molecule has 4 nitrogen and oxygen atoms in total. The van der Waals surface area contributed by atoms with Gasteiger partial charge in [-0.15, -0.1) is 11.3 Å². The van der Waals surface area contributed by atoms with Crippen molar-refractivity contribution in [1.82, 2.24) is 14.9 Å². The number of unbranched alkanes of at least 4 members (excludes halogenated alkanes) is 1. The van der Waals surface area contributed by atoms with Crippen molar-refractivity contribution < 1.29 is 5.11 Å². The van der Waals surface area contributed by atoms with Crippen molar-refractivity contribution in [2.45, 2.75) is 45.2 Å². The predicted molar refractivity (Wildman–Crippen MR) is 88.6 cm³/mol. The molecule has 21 heavy (non-hydrogen) atoms. The van der Waals surface area contributed by atoms with E-state index in [0.717, 1.165) is 38.2 Å². The average Bonchev–Trinajstić information content (AvgIpc) is 3.14. The number of aliphatic hydroxyl groups excluding tert-OH is 1. The summed E-state index contributed by atoms with van der Waals surface area (Å²) in [6.07, 6.45) is 7.08. The highest BCUT2D eigenvalue weighted by Crippen LogP contribution is 2.23. The average molecular weight is 307 g/mol. The summed E-state index contributed by atoms with van der Waals surface area (Å²) in [6.45, 7) is 6.21. The number of hydrogen-bond donors (Lipinski definition) is 2. The summed E-state index contributed by atoms with van der Waals surface area (Å²) in [5, 5.41) is 14.9. The molecule has 1 atom stereocenters. The van der Waals surface area contributed by atoms with E-state index in [-0.39, 0.29) is 12.1 Å². The fraction of sp³-hybridized carbons (Fsp3) is 0.562. The smallest absolute Gasteiger partial charge is 0.149 e. The number of thiophene rings is 1. The van der Waals surface area contributed by atoms with E-state index in [2.05, 4.69) is 46.2 Å². The highest BCUT2D eigenvalue weighted by atomic mass is 32.1. The summed E-state index contributed by atoms with van der Waals surface area (Å²) in [7, 11) is 0. The van der Waals surface area contributed by atoms with Gasteiger partial charge in [-0.3, -0.25) is 0 Å². The zero-order chi connectivity index (χ0) is 15.1. The monoisotopic (exact) mass is 307 g/mol. The number of nitrogens with one attached hydrogen (secondary N) is 1. The maximum Gasteiger partial charge on any atom is 0.149 e. The number of aliphatic hydroxyl groups is 1. The largest absolute Gasteiger partial charge is 0.394 e. The van der Waals surface area contributed by atoms with Gasteiger partial charge in [0.05, 0.1) is 11.5 Å². The van der Waals surface area contributed by atoms with Gasteiger partial charge in [-0.05, 0) is 44.2 Å². The maximum atomic E-state index is 9.49. The van der Waals surface area contributed by atoms with Gasteiger partial charge in [-0.25, -0.2) is 4.98 Å². The quantitative estimate of drug-likeness (QED) is 0.700. The minimum absolute atomic E-state index is 0.153. The van der Waals surface area contributed by atoms with Crippen LogP contribution >= 0.6 is 11.3 Å².